The lowest BCUT2D eigenvalue weighted by atomic mass is 10.5. The number of ether oxygens (including phenoxy) is 1. The monoisotopic (exact) mass is 278 g/mol. The van der Waals surface area contributed by atoms with Gasteiger partial charge in [0.2, 0.25) is 0 Å². The molecule has 0 heterocycles. The van der Waals surface area contributed by atoms with Crippen molar-refractivity contribution in [2.24, 2.45) is 0 Å². The lowest BCUT2D eigenvalue weighted by Crippen LogP contribution is -2.43. The molecule has 0 aromatic rings. The smallest absolute Gasteiger partial charge is 0.335 e. The van der Waals surface area contributed by atoms with Gasteiger partial charge in [0.15, 0.2) is 5.05 Å². The molecule has 0 fully saturated rings. The molecule has 0 atom stereocenters. The minimum absolute atomic E-state index is 0.207. The minimum Gasteiger partial charge on any atom is -0.487 e. The van der Waals surface area contributed by atoms with Crippen LogP contribution in [0.2, 0.25) is 12.6 Å². The number of rotatable bonds is 8. The highest BCUT2D eigenvalue weighted by molar-refractivity contribution is 7.80. The summed E-state index contributed by atoms with van der Waals surface area (Å²) in [4.78, 5) is 0. The molecule has 0 N–H and O–H groups in total. The fourth-order valence-corrected chi connectivity index (χ4v) is 4.91. The zero-order valence-corrected chi connectivity index (χ0v) is 13.7. The Morgan fingerprint density at radius 2 is 1.59 bits per heavy atom. The van der Waals surface area contributed by atoms with Gasteiger partial charge in [-0.3, -0.25) is 0 Å². The van der Waals surface area contributed by atoms with Crippen LogP contribution in [0.5, 0.6) is 0 Å². The zero-order valence-electron chi connectivity index (χ0n) is 11.9. The van der Waals surface area contributed by atoms with Crippen molar-refractivity contribution >= 4 is 25.8 Å². The first kappa shape index (κ1) is 17.0. The summed E-state index contributed by atoms with van der Waals surface area (Å²) < 4.78 is 17.3. The van der Waals surface area contributed by atoms with Gasteiger partial charge in [0.1, 0.15) is 0 Å². The van der Waals surface area contributed by atoms with Gasteiger partial charge in [0.05, 0.1) is 6.61 Å². The maximum absolute atomic E-state index is 5.98. The molecule has 102 valence electrons. The molecular weight excluding hydrogens is 252 g/mol. The SMILES string of the molecule is CC(=S)OCCC[Si](C)(OC(C)C)OC(C)C. The van der Waals surface area contributed by atoms with Crippen LogP contribution in [0.1, 0.15) is 41.0 Å². The first-order valence-corrected chi connectivity index (χ1v) is 9.17. The average molecular weight is 278 g/mol. The molecule has 0 aromatic heterocycles. The van der Waals surface area contributed by atoms with Gasteiger partial charge < -0.3 is 13.6 Å². The molecule has 0 saturated heterocycles. The highest BCUT2D eigenvalue weighted by Crippen LogP contribution is 2.20. The van der Waals surface area contributed by atoms with Gasteiger partial charge >= 0.3 is 8.56 Å². The predicted molar refractivity (Wildman–Crippen MR) is 77.7 cm³/mol. The molecule has 0 rings (SSSR count). The highest BCUT2D eigenvalue weighted by atomic mass is 32.1. The van der Waals surface area contributed by atoms with Crippen LogP contribution in [0, 0.1) is 0 Å². The average Bonchev–Trinajstić information content (AvgIpc) is 2.09. The molecule has 3 nitrogen and oxygen atoms in total. The quantitative estimate of drug-likeness (QED) is 0.385. The molecule has 0 radical (unpaired) electrons. The summed E-state index contributed by atoms with van der Waals surface area (Å²) in [5.41, 5.74) is 0. The second-order valence-corrected chi connectivity index (χ2v) is 8.72. The number of hydrogen-bond acceptors (Lipinski definition) is 4. The van der Waals surface area contributed by atoms with E-state index in [-0.39, 0.29) is 12.2 Å². The molecule has 0 aliphatic heterocycles. The second-order valence-electron chi connectivity index (χ2n) is 4.91. The molecule has 0 saturated carbocycles. The normalized spacial score (nSPS) is 12.2. The molecule has 0 aromatic carbocycles. The van der Waals surface area contributed by atoms with Gasteiger partial charge in [-0.05, 0) is 58.9 Å². The highest BCUT2D eigenvalue weighted by Gasteiger charge is 2.33. The van der Waals surface area contributed by atoms with Gasteiger partial charge in [0, 0.05) is 19.1 Å². The molecule has 0 unspecified atom stereocenters. The van der Waals surface area contributed by atoms with E-state index < -0.39 is 8.56 Å². The van der Waals surface area contributed by atoms with E-state index in [2.05, 4.69) is 6.55 Å². The van der Waals surface area contributed by atoms with E-state index >= 15 is 0 Å². The fraction of sp³-hybridized carbons (Fsp3) is 0.917. The maximum atomic E-state index is 5.98. The van der Waals surface area contributed by atoms with Gasteiger partial charge in [-0.1, -0.05) is 0 Å². The lowest BCUT2D eigenvalue weighted by Gasteiger charge is -2.31. The Morgan fingerprint density at radius 3 is 1.94 bits per heavy atom. The van der Waals surface area contributed by atoms with Crippen molar-refractivity contribution in [3.05, 3.63) is 0 Å². The van der Waals surface area contributed by atoms with Crippen molar-refractivity contribution < 1.29 is 13.6 Å². The number of thiocarbonyl (C=S) groups is 1. The van der Waals surface area contributed by atoms with Gasteiger partial charge in [0.25, 0.3) is 0 Å². The van der Waals surface area contributed by atoms with Crippen LogP contribution in [-0.2, 0) is 13.6 Å². The number of hydrogen-bond donors (Lipinski definition) is 0. The largest absolute Gasteiger partial charge is 0.487 e. The standard InChI is InChI=1S/C12H26O3SSi/c1-10(2)14-17(6,15-11(3)4)9-7-8-13-12(5)16/h10-11H,7-9H2,1-6H3. The van der Waals surface area contributed by atoms with E-state index in [0.29, 0.717) is 11.7 Å². The Bertz CT molecular complexity index is 222. The van der Waals surface area contributed by atoms with Crippen molar-refractivity contribution in [3.8, 4) is 0 Å². The summed E-state index contributed by atoms with van der Waals surface area (Å²) in [6.45, 7) is 12.8. The van der Waals surface area contributed by atoms with Crippen molar-refractivity contribution in [2.45, 2.75) is 65.8 Å². The van der Waals surface area contributed by atoms with E-state index in [0.717, 1.165) is 12.5 Å². The molecule has 5 heteroatoms. The van der Waals surface area contributed by atoms with E-state index in [1.807, 2.05) is 27.7 Å². The summed E-state index contributed by atoms with van der Waals surface area (Å²) in [6.07, 6.45) is 1.34. The van der Waals surface area contributed by atoms with E-state index in [1.54, 1.807) is 6.92 Å². The van der Waals surface area contributed by atoms with Crippen LogP contribution < -0.4 is 0 Å². The molecule has 0 aliphatic carbocycles. The topological polar surface area (TPSA) is 27.7 Å². The van der Waals surface area contributed by atoms with Crippen molar-refractivity contribution in [1.82, 2.24) is 0 Å². The first-order valence-electron chi connectivity index (χ1n) is 6.24. The Hall–Kier alpha value is 0.0269. The van der Waals surface area contributed by atoms with E-state index in [4.69, 9.17) is 25.8 Å². The van der Waals surface area contributed by atoms with E-state index in [9.17, 15) is 0 Å². The minimum atomic E-state index is -2.07. The summed E-state index contributed by atoms with van der Waals surface area (Å²) in [6, 6.07) is 0.936. The molecule has 17 heavy (non-hydrogen) atoms. The third-order valence-electron chi connectivity index (χ3n) is 2.05. The molecule has 0 amide bonds. The lowest BCUT2D eigenvalue weighted by molar-refractivity contribution is 0.108. The Morgan fingerprint density at radius 1 is 1.12 bits per heavy atom. The predicted octanol–water partition coefficient (Wildman–Crippen LogP) is 3.66. The first-order chi connectivity index (χ1) is 7.75. The second kappa shape index (κ2) is 8.19. The van der Waals surface area contributed by atoms with Crippen LogP contribution in [0.25, 0.3) is 0 Å². The van der Waals surface area contributed by atoms with Gasteiger partial charge in [-0.25, -0.2) is 0 Å². The van der Waals surface area contributed by atoms with Crippen LogP contribution in [-0.4, -0.2) is 32.4 Å². The molecule has 0 bridgehead atoms. The molecule has 0 aliphatic rings. The fourth-order valence-electron chi connectivity index (χ4n) is 1.75. The summed E-state index contributed by atoms with van der Waals surface area (Å²) in [7, 11) is -2.07. The summed E-state index contributed by atoms with van der Waals surface area (Å²) >= 11 is 4.87. The zero-order chi connectivity index (χ0) is 13.5. The van der Waals surface area contributed by atoms with Gasteiger partial charge in [-0.2, -0.15) is 0 Å². The van der Waals surface area contributed by atoms with E-state index in [1.165, 1.54) is 0 Å². The molecular formula is C12H26O3SSi. The summed E-state index contributed by atoms with van der Waals surface area (Å²) in [5.74, 6) is 0. The van der Waals surface area contributed by atoms with Crippen LogP contribution in [0.4, 0.5) is 0 Å². The van der Waals surface area contributed by atoms with Crippen LogP contribution in [0.3, 0.4) is 0 Å². The van der Waals surface area contributed by atoms with Gasteiger partial charge in [-0.15, -0.1) is 0 Å². The Balaban J connectivity index is 4.13. The van der Waals surface area contributed by atoms with Crippen molar-refractivity contribution in [1.29, 1.82) is 0 Å². The Labute approximate surface area is 112 Å². The third kappa shape index (κ3) is 9.70. The van der Waals surface area contributed by atoms with Crippen LogP contribution in [0.15, 0.2) is 0 Å². The van der Waals surface area contributed by atoms with Crippen molar-refractivity contribution in [2.75, 3.05) is 6.61 Å². The maximum Gasteiger partial charge on any atom is 0.335 e. The Kier molecular flexibility index (Phi) is 8.20. The molecule has 0 spiro atoms. The van der Waals surface area contributed by atoms with Crippen molar-refractivity contribution in [3.63, 3.8) is 0 Å². The third-order valence-corrected chi connectivity index (χ3v) is 5.37. The summed E-state index contributed by atoms with van der Waals surface area (Å²) in [5, 5.41) is 0.600. The van der Waals surface area contributed by atoms with Crippen LogP contribution >= 0.6 is 12.2 Å².